The summed E-state index contributed by atoms with van der Waals surface area (Å²) in [6.45, 7) is 13.6. The fourth-order valence-corrected chi connectivity index (χ4v) is 6.04. The average molecular weight is 606 g/mol. The van der Waals surface area contributed by atoms with Crippen molar-refractivity contribution in [1.29, 1.82) is 0 Å². The predicted molar refractivity (Wildman–Crippen MR) is 168 cm³/mol. The molecule has 0 radical (unpaired) electrons. The molecule has 1 atom stereocenters. The summed E-state index contributed by atoms with van der Waals surface area (Å²) in [4.78, 5) is 39.8. The molecule has 3 aromatic heterocycles. The number of benzene rings is 1. The van der Waals surface area contributed by atoms with E-state index < -0.39 is 17.3 Å². The number of ether oxygens (including phenoxy) is 1. The zero-order valence-corrected chi connectivity index (χ0v) is 26.4. The van der Waals surface area contributed by atoms with E-state index in [4.69, 9.17) is 26.3 Å². The molecule has 1 amide bonds. The Bertz CT molecular complexity index is 1710. The van der Waals surface area contributed by atoms with E-state index in [1.165, 1.54) is 13.2 Å². The largest absolute Gasteiger partial charge is 0.465 e. The van der Waals surface area contributed by atoms with Crippen molar-refractivity contribution in [3.05, 3.63) is 75.9 Å². The Morgan fingerprint density at radius 2 is 1.86 bits per heavy atom. The van der Waals surface area contributed by atoms with Gasteiger partial charge in [-0.15, -0.1) is 0 Å². The lowest BCUT2D eigenvalue weighted by molar-refractivity contribution is 0.0506. The number of carbonyl (C=O) groups excluding carboxylic acids is 2. The van der Waals surface area contributed by atoms with Crippen molar-refractivity contribution in [2.45, 2.75) is 59.5 Å². The number of esters is 1. The lowest BCUT2D eigenvalue weighted by atomic mass is 9.97. The van der Waals surface area contributed by atoms with Crippen molar-refractivity contribution in [2.75, 3.05) is 31.6 Å². The van der Waals surface area contributed by atoms with Crippen LogP contribution in [0.3, 0.4) is 0 Å². The molecule has 8 nitrogen and oxygen atoms in total. The van der Waals surface area contributed by atoms with Gasteiger partial charge >= 0.3 is 5.97 Å². The molecular formula is C33H37ClFN5O3. The van der Waals surface area contributed by atoms with Gasteiger partial charge in [-0.25, -0.2) is 19.2 Å². The number of hydrogen-bond donors (Lipinski definition) is 0. The lowest BCUT2D eigenvalue weighted by Gasteiger charge is -2.47. The fourth-order valence-electron chi connectivity index (χ4n) is 5.92. The zero-order chi connectivity index (χ0) is 31.2. The topological polar surface area (TPSA) is 80.6 Å². The minimum Gasteiger partial charge on any atom is -0.465 e. The summed E-state index contributed by atoms with van der Waals surface area (Å²) in [6.07, 6.45) is 2.84. The molecule has 0 saturated carbocycles. The summed E-state index contributed by atoms with van der Waals surface area (Å²) >= 11 is 5.94. The molecule has 1 aromatic carbocycles. The van der Waals surface area contributed by atoms with Crippen molar-refractivity contribution in [3.63, 3.8) is 0 Å². The maximum atomic E-state index is 14.4. The van der Waals surface area contributed by atoms with E-state index >= 15 is 0 Å². The molecule has 0 N–H and O–H groups in total. The van der Waals surface area contributed by atoms with E-state index in [9.17, 15) is 14.0 Å². The van der Waals surface area contributed by atoms with E-state index in [1.54, 1.807) is 25.1 Å². The number of halogens is 2. The van der Waals surface area contributed by atoms with Crippen molar-refractivity contribution >= 4 is 40.3 Å². The van der Waals surface area contributed by atoms with Crippen LogP contribution in [0.1, 0.15) is 72.3 Å². The van der Waals surface area contributed by atoms with Crippen molar-refractivity contribution in [1.82, 2.24) is 19.4 Å². The molecule has 1 aliphatic heterocycles. The number of hydrogen-bond acceptors (Lipinski definition) is 6. The van der Waals surface area contributed by atoms with Gasteiger partial charge in [-0.2, -0.15) is 0 Å². The molecular weight excluding hydrogens is 569 g/mol. The first kappa shape index (κ1) is 30.5. The molecule has 1 saturated heterocycles. The third-order valence-corrected chi connectivity index (χ3v) is 8.74. The number of anilines is 1. The number of fused-ring (bicyclic) bond motifs is 1. The molecule has 226 valence electrons. The second-order valence-electron chi connectivity index (χ2n) is 11.8. The van der Waals surface area contributed by atoms with Crippen LogP contribution >= 0.6 is 11.6 Å². The number of aryl methyl sites for hydroxylation is 2. The lowest BCUT2D eigenvalue weighted by Crippen LogP contribution is -2.61. The number of nitrogens with zero attached hydrogens (tertiary/aromatic N) is 5. The van der Waals surface area contributed by atoms with Crippen LogP contribution in [0.2, 0.25) is 5.02 Å². The minimum absolute atomic E-state index is 0.0717. The quantitative estimate of drug-likeness (QED) is 0.220. The highest BCUT2D eigenvalue weighted by Crippen LogP contribution is 2.35. The summed E-state index contributed by atoms with van der Waals surface area (Å²) in [5.41, 5.74) is 3.94. The molecule has 10 heteroatoms. The highest BCUT2D eigenvalue weighted by Gasteiger charge is 2.38. The smallest absolute Gasteiger partial charge is 0.339 e. The Morgan fingerprint density at radius 3 is 2.49 bits per heavy atom. The molecule has 0 aliphatic carbocycles. The highest BCUT2D eigenvalue weighted by molar-refractivity contribution is 6.30. The molecule has 4 heterocycles. The maximum absolute atomic E-state index is 14.4. The molecule has 0 spiro atoms. The first-order valence-corrected chi connectivity index (χ1v) is 14.8. The van der Waals surface area contributed by atoms with E-state index in [-0.39, 0.29) is 17.0 Å². The molecule has 0 bridgehead atoms. The van der Waals surface area contributed by atoms with Crippen LogP contribution in [0.15, 0.2) is 42.6 Å². The van der Waals surface area contributed by atoms with E-state index in [1.807, 2.05) is 44.0 Å². The van der Waals surface area contributed by atoms with Crippen LogP contribution < -0.4 is 4.90 Å². The Morgan fingerprint density at radius 1 is 1.12 bits per heavy atom. The van der Waals surface area contributed by atoms with Gasteiger partial charge in [-0.1, -0.05) is 24.6 Å². The maximum Gasteiger partial charge on any atom is 0.339 e. The first-order chi connectivity index (χ1) is 20.4. The summed E-state index contributed by atoms with van der Waals surface area (Å²) in [5, 5.41) is 0.914. The summed E-state index contributed by atoms with van der Waals surface area (Å²) in [7, 11) is 1.36. The normalized spacial score (nSPS) is 15.6. The van der Waals surface area contributed by atoms with Crippen LogP contribution in [0.25, 0.3) is 22.2 Å². The van der Waals surface area contributed by atoms with Crippen LogP contribution in [0, 0.1) is 19.7 Å². The Kier molecular flexibility index (Phi) is 8.22. The number of methoxy groups -OCH3 is 1. The van der Waals surface area contributed by atoms with Gasteiger partial charge in [0, 0.05) is 42.8 Å². The third-order valence-electron chi connectivity index (χ3n) is 8.44. The summed E-state index contributed by atoms with van der Waals surface area (Å²) < 4.78 is 21.3. The van der Waals surface area contributed by atoms with Gasteiger partial charge in [0.05, 0.1) is 28.9 Å². The van der Waals surface area contributed by atoms with Gasteiger partial charge in [0.1, 0.15) is 23.0 Å². The van der Waals surface area contributed by atoms with Gasteiger partial charge in [0.15, 0.2) is 0 Å². The van der Waals surface area contributed by atoms with E-state index in [0.29, 0.717) is 47.8 Å². The SMILES string of the molecule is CC[C@@H](C)n1cc(-c2ccc(Cl)c(F)c2)c2ccc(C(=O)N3CCN(c4cc(C)c(C(=O)OC)c(C)n4)CC3(C)C)nc21. The van der Waals surface area contributed by atoms with Crippen LogP contribution in [0.5, 0.6) is 0 Å². The van der Waals surface area contributed by atoms with Gasteiger partial charge in [-0.3, -0.25) is 4.79 Å². The standard InChI is InChI=1S/C33H37ClFN5O3/c1-8-20(3)39-17-24(22-9-11-25(34)26(35)16-22)23-10-12-27(37-30(23)39)31(41)40-14-13-38(18-33(40,5)6)28-15-19(2)29(21(4)36-28)32(42)43-7/h9-12,15-17,20H,8,13-14,18H2,1-7H3/t20-/m1/s1. The Balaban J connectivity index is 1.45. The number of carbonyl (C=O) groups is 2. The monoisotopic (exact) mass is 605 g/mol. The van der Waals surface area contributed by atoms with Gasteiger partial charge in [-0.05, 0) is 82.5 Å². The number of amides is 1. The zero-order valence-electron chi connectivity index (χ0n) is 25.7. The average Bonchev–Trinajstić information content (AvgIpc) is 3.35. The van der Waals surface area contributed by atoms with Gasteiger partial charge in [0.2, 0.25) is 0 Å². The van der Waals surface area contributed by atoms with Crippen LogP contribution in [0.4, 0.5) is 10.2 Å². The van der Waals surface area contributed by atoms with Crippen molar-refractivity contribution in [3.8, 4) is 11.1 Å². The summed E-state index contributed by atoms with van der Waals surface area (Å²) in [5.74, 6) is -0.269. The molecule has 1 fully saturated rings. The molecule has 4 aromatic rings. The Labute approximate surface area is 256 Å². The number of pyridine rings is 2. The van der Waals surface area contributed by atoms with E-state index in [0.717, 1.165) is 28.8 Å². The molecule has 1 aliphatic rings. The highest BCUT2D eigenvalue weighted by atomic mass is 35.5. The van der Waals surface area contributed by atoms with Crippen molar-refractivity contribution in [2.24, 2.45) is 0 Å². The summed E-state index contributed by atoms with van der Waals surface area (Å²) in [6, 6.07) is 10.5. The van der Waals surface area contributed by atoms with Gasteiger partial charge < -0.3 is 19.1 Å². The van der Waals surface area contributed by atoms with E-state index in [2.05, 4.69) is 23.3 Å². The van der Waals surface area contributed by atoms with Crippen LogP contribution in [-0.4, -0.2) is 63.6 Å². The first-order valence-electron chi connectivity index (χ1n) is 14.5. The fraction of sp³-hybridized carbons (Fsp3) is 0.394. The molecule has 5 rings (SSSR count). The second-order valence-corrected chi connectivity index (χ2v) is 12.3. The Hall–Kier alpha value is -3.98. The van der Waals surface area contributed by atoms with Crippen LogP contribution in [-0.2, 0) is 4.74 Å². The molecule has 0 unspecified atom stereocenters. The number of piperazine rings is 1. The third kappa shape index (κ3) is 5.58. The number of rotatable bonds is 6. The predicted octanol–water partition coefficient (Wildman–Crippen LogP) is 7.01. The minimum atomic E-state index is -0.527. The van der Waals surface area contributed by atoms with Gasteiger partial charge in [0.25, 0.3) is 5.91 Å². The number of aromatic nitrogens is 3. The molecule has 43 heavy (non-hydrogen) atoms. The second kappa shape index (κ2) is 11.6. The van der Waals surface area contributed by atoms with Crippen molar-refractivity contribution < 1.29 is 18.7 Å².